The summed E-state index contributed by atoms with van der Waals surface area (Å²) in [4.78, 5) is 23.3. The molecule has 0 saturated carbocycles. The van der Waals surface area contributed by atoms with Gasteiger partial charge >= 0.3 is 0 Å². The Labute approximate surface area is 129 Å². The van der Waals surface area contributed by atoms with E-state index in [0.717, 1.165) is 0 Å². The third kappa shape index (κ3) is 3.81. The minimum atomic E-state index is -1.34. The molecule has 1 amide bonds. The zero-order valence-electron chi connectivity index (χ0n) is 13.3. The second-order valence-corrected chi connectivity index (χ2v) is 4.93. The van der Waals surface area contributed by atoms with E-state index in [1.807, 2.05) is 0 Å². The third-order valence-corrected chi connectivity index (χ3v) is 3.13. The van der Waals surface area contributed by atoms with Crippen LogP contribution in [0.5, 0.6) is 17.2 Å². The van der Waals surface area contributed by atoms with E-state index in [2.05, 4.69) is 5.32 Å². The molecule has 0 aliphatic rings. The van der Waals surface area contributed by atoms with Gasteiger partial charge in [-0.05, 0) is 18.1 Å². The highest BCUT2D eigenvalue weighted by atomic mass is 16.5. The standard InChI is InChI=1S/C15H21NO6/c1-8(2)12(15(18)19)16-14(17)9-6-10(20-3)13(22-5)11(7-9)21-4/h6-8,12H,1-5H3,(H,16,17)(H,18,19)/p-1. The lowest BCUT2D eigenvalue weighted by Gasteiger charge is -2.23. The van der Waals surface area contributed by atoms with Gasteiger partial charge in [0, 0.05) is 5.56 Å². The van der Waals surface area contributed by atoms with Gasteiger partial charge in [0.05, 0.1) is 33.3 Å². The zero-order valence-corrected chi connectivity index (χ0v) is 13.3. The molecular formula is C15H20NO6-. The van der Waals surface area contributed by atoms with Crippen LogP contribution in [0.1, 0.15) is 24.2 Å². The Hall–Kier alpha value is -2.44. The molecule has 0 bridgehead atoms. The quantitative estimate of drug-likeness (QED) is 0.773. The fourth-order valence-corrected chi connectivity index (χ4v) is 1.93. The molecule has 0 aliphatic heterocycles. The highest BCUT2D eigenvalue weighted by molar-refractivity contribution is 5.97. The van der Waals surface area contributed by atoms with Crippen LogP contribution in [-0.4, -0.2) is 39.2 Å². The highest BCUT2D eigenvalue weighted by Crippen LogP contribution is 2.38. The van der Waals surface area contributed by atoms with E-state index in [9.17, 15) is 14.7 Å². The topological polar surface area (TPSA) is 96.9 Å². The van der Waals surface area contributed by atoms with Crippen LogP contribution in [0.2, 0.25) is 0 Å². The van der Waals surface area contributed by atoms with Crippen molar-refractivity contribution in [1.29, 1.82) is 0 Å². The number of carboxylic acids is 1. The molecule has 0 spiro atoms. The van der Waals surface area contributed by atoms with Crippen molar-refractivity contribution in [3.8, 4) is 17.2 Å². The molecule has 0 fully saturated rings. The summed E-state index contributed by atoms with van der Waals surface area (Å²) in [7, 11) is 4.30. The molecule has 0 saturated heterocycles. The summed E-state index contributed by atoms with van der Waals surface area (Å²) < 4.78 is 15.5. The first-order valence-corrected chi connectivity index (χ1v) is 6.67. The van der Waals surface area contributed by atoms with Gasteiger partial charge in [-0.15, -0.1) is 0 Å². The van der Waals surface area contributed by atoms with E-state index in [1.54, 1.807) is 13.8 Å². The van der Waals surface area contributed by atoms with Crippen molar-refractivity contribution in [3.63, 3.8) is 0 Å². The third-order valence-electron chi connectivity index (χ3n) is 3.13. The number of ether oxygens (including phenoxy) is 3. The van der Waals surface area contributed by atoms with E-state index < -0.39 is 17.9 Å². The SMILES string of the molecule is COc1cc(C(=O)NC(C(=O)[O-])C(C)C)cc(OC)c1OC. The Morgan fingerprint density at radius 1 is 1.05 bits per heavy atom. The van der Waals surface area contributed by atoms with Crippen LogP contribution >= 0.6 is 0 Å². The molecule has 1 aromatic rings. The number of carbonyl (C=O) groups is 2. The first kappa shape index (κ1) is 17.6. The average molecular weight is 310 g/mol. The normalized spacial score (nSPS) is 11.7. The Morgan fingerprint density at radius 2 is 1.55 bits per heavy atom. The molecule has 1 rings (SSSR count). The number of aliphatic carboxylic acids is 1. The molecule has 22 heavy (non-hydrogen) atoms. The van der Waals surface area contributed by atoms with Crippen molar-refractivity contribution in [2.45, 2.75) is 19.9 Å². The number of rotatable bonds is 7. The van der Waals surface area contributed by atoms with Crippen LogP contribution in [0.3, 0.4) is 0 Å². The molecule has 0 aromatic heterocycles. The molecule has 0 heterocycles. The van der Waals surface area contributed by atoms with Gasteiger partial charge in [-0.25, -0.2) is 0 Å². The highest BCUT2D eigenvalue weighted by Gasteiger charge is 2.21. The van der Waals surface area contributed by atoms with Crippen LogP contribution in [0.25, 0.3) is 0 Å². The molecule has 0 aliphatic carbocycles. The predicted octanol–water partition coefficient (Wildman–Crippen LogP) is 0.217. The van der Waals surface area contributed by atoms with Gasteiger partial charge in [-0.3, -0.25) is 4.79 Å². The van der Waals surface area contributed by atoms with Crippen molar-refractivity contribution in [2.24, 2.45) is 5.92 Å². The lowest BCUT2D eigenvalue weighted by atomic mass is 10.0. The number of hydrogen-bond donors (Lipinski definition) is 1. The van der Waals surface area contributed by atoms with Crippen molar-refractivity contribution < 1.29 is 28.9 Å². The summed E-state index contributed by atoms with van der Waals surface area (Å²) in [6.45, 7) is 3.35. The Bertz CT molecular complexity index is 530. The predicted molar refractivity (Wildman–Crippen MR) is 77.2 cm³/mol. The van der Waals surface area contributed by atoms with Gasteiger partial charge in [-0.1, -0.05) is 13.8 Å². The number of carboxylic acid groups (broad SMARTS) is 1. The number of nitrogens with one attached hydrogen (secondary N) is 1. The van der Waals surface area contributed by atoms with Gasteiger partial charge < -0.3 is 29.4 Å². The summed E-state index contributed by atoms with van der Waals surface area (Å²) in [5.74, 6) is -1.25. The largest absolute Gasteiger partial charge is 0.548 e. The lowest BCUT2D eigenvalue weighted by Crippen LogP contribution is -2.50. The first-order chi connectivity index (χ1) is 10.3. The minimum Gasteiger partial charge on any atom is -0.548 e. The van der Waals surface area contributed by atoms with Crippen LogP contribution in [0.15, 0.2) is 12.1 Å². The van der Waals surface area contributed by atoms with Gasteiger partial charge in [0.2, 0.25) is 5.75 Å². The fourth-order valence-electron chi connectivity index (χ4n) is 1.93. The molecule has 1 unspecified atom stereocenters. The second-order valence-electron chi connectivity index (χ2n) is 4.93. The number of hydrogen-bond acceptors (Lipinski definition) is 6. The van der Waals surface area contributed by atoms with Crippen LogP contribution < -0.4 is 24.6 Å². The molecule has 1 aromatic carbocycles. The van der Waals surface area contributed by atoms with Gasteiger partial charge in [0.25, 0.3) is 5.91 Å². The van der Waals surface area contributed by atoms with E-state index in [4.69, 9.17) is 14.2 Å². The van der Waals surface area contributed by atoms with E-state index in [-0.39, 0.29) is 11.5 Å². The van der Waals surface area contributed by atoms with Gasteiger partial charge in [0.15, 0.2) is 11.5 Å². The first-order valence-electron chi connectivity index (χ1n) is 6.67. The van der Waals surface area contributed by atoms with Crippen molar-refractivity contribution in [3.05, 3.63) is 17.7 Å². The summed E-state index contributed by atoms with van der Waals surface area (Å²) in [5, 5.41) is 13.5. The van der Waals surface area contributed by atoms with Crippen LogP contribution in [0, 0.1) is 5.92 Å². The Kier molecular flexibility index (Phi) is 6.03. The summed E-state index contributed by atoms with van der Waals surface area (Å²) in [6, 6.07) is 1.80. The van der Waals surface area contributed by atoms with Gasteiger partial charge in [0.1, 0.15) is 0 Å². The van der Waals surface area contributed by atoms with E-state index in [0.29, 0.717) is 17.2 Å². The molecule has 1 N–H and O–H groups in total. The molecule has 7 heteroatoms. The maximum absolute atomic E-state index is 12.2. The summed E-state index contributed by atoms with van der Waals surface area (Å²) >= 11 is 0. The minimum absolute atomic E-state index is 0.196. The van der Waals surface area contributed by atoms with Crippen molar-refractivity contribution >= 4 is 11.9 Å². The van der Waals surface area contributed by atoms with Gasteiger partial charge in [-0.2, -0.15) is 0 Å². The second kappa shape index (κ2) is 7.53. The fraction of sp³-hybridized carbons (Fsp3) is 0.467. The van der Waals surface area contributed by atoms with E-state index >= 15 is 0 Å². The molecule has 7 nitrogen and oxygen atoms in total. The van der Waals surface area contributed by atoms with Crippen molar-refractivity contribution in [1.82, 2.24) is 5.32 Å². The maximum atomic E-state index is 12.2. The van der Waals surface area contributed by atoms with E-state index in [1.165, 1.54) is 33.5 Å². The number of benzene rings is 1. The number of methoxy groups -OCH3 is 3. The number of carbonyl (C=O) groups excluding carboxylic acids is 2. The monoisotopic (exact) mass is 310 g/mol. The maximum Gasteiger partial charge on any atom is 0.252 e. The molecule has 122 valence electrons. The average Bonchev–Trinajstić information content (AvgIpc) is 2.49. The molecule has 1 atom stereocenters. The van der Waals surface area contributed by atoms with Crippen LogP contribution in [0.4, 0.5) is 0 Å². The smallest absolute Gasteiger partial charge is 0.252 e. The molecular weight excluding hydrogens is 290 g/mol. The summed E-state index contributed by atoms with van der Waals surface area (Å²) in [5.41, 5.74) is 0.196. The van der Waals surface area contributed by atoms with Crippen LogP contribution in [-0.2, 0) is 4.79 Å². The Balaban J connectivity index is 3.15. The Morgan fingerprint density at radius 3 is 1.86 bits per heavy atom. The van der Waals surface area contributed by atoms with Crippen molar-refractivity contribution in [2.75, 3.05) is 21.3 Å². The summed E-state index contributed by atoms with van der Waals surface area (Å²) in [6.07, 6.45) is 0. The molecule has 0 radical (unpaired) electrons. The number of amides is 1. The lowest BCUT2D eigenvalue weighted by molar-refractivity contribution is -0.309. The zero-order chi connectivity index (χ0) is 16.9.